The van der Waals surface area contributed by atoms with E-state index in [4.69, 9.17) is 4.74 Å². The van der Waals surface area contributed by atoms with Crippen molar-refractivity contribution in [2.24, 2.45) is 0 Å². The van der Waals surface area contributed by atoms with Crippen LogP contribution in [0.3, 0.4) is 0 Å². The topological polar surface area (TPSA) is 67.4 Å². The van der Waals surface area contributed by atoms with E-state index in [-0.39, 0.29) is 11.8 Å². The molecule has 0 saturated carbocycles. The Bertz CT molecular complexity index is 490. The van der Waals surface area contributed by atoms with Gasteiger partial charge >= 0.3 is 0 Å². The van der Waals surface area contributed by atoms with Crippen molar-refractivity contribution in [3.8, 4) is 5.75 Å². The third-order valence-electron chi connectivity index (χ3n) is 2.47. The Morgan fingerprint density at radius 1 is 1.56 bits per heavy atom. The summed E-state index contributed by atoms with van der Waals surface area (Å²) in [5.74, 6) is 0.760. The molecule has 2 amide bonds. The van der Waals surface area contributed by atoms with Gasteiger partial charge in [-0.2, -0.15) is 11.8 Å². The van der Waals surface area contributed by atoms with Gasteiger partial charge in [0.25, 0.3) is 5.91 Å². The van der Waals surface area contributed by atoms with Crippen LogP contribution in [-0.2, 0) is 9.59 Å². The summed E-state index contributed by atoms with van der Waals surface area (Å²) in [4.78, 5) is 22.9. The molecule has 96 valence electrons. The lowest BCUT2D eigenvalue weighted by Gasteiger charge is -2.23. The summed E-state index contributed by atoms with van der Waals surface area (Å²) in [6.07, 6.45) is 1.37. The first-order valence-electron chi connectivity index (χ1n) is 5.50. The molecule has 0 fully saturated rings. The van der Waals surface area contributed by atoms with Crippen LogP contribution < -0.4 is 15.4 Å². The molecule has 0 aromatic heterocycles. The third kappa shape index (κ3) is 2.76. The molecule has 0 saturated heterocycles. The Hall–Kier alpha value is -1.69. The molecule has 1 aromatic rings. The Balaban J connectivity index is 2.15. The van der Waals surface area contributed by atoms with Crippen molar-refractivity contribution in [3.05, 3.63) is 18.2 Å². The number of fused-ring (bicyclic) bond motifs is 1. The number of carbonyl (C=O) groups is 2. The number of hydrogen-bond acceptors (Lipinski definition) is 4. The van der Waals surface area contributed by atoms with Gasteiger partial charge in [-0.25, -0.2) is 0 Å². The van der Waals surface area contributed by atoms with Gasteiger partial charge in [-0.05, 0) is 31.4 Å². The van der Waals surface area contributed by atoms with Crippen molar-refractivity contribution in [1.29, 1.82) is 0 Å². The van der Waals surface area contributed by atoms with Crippen LogP contribution in [0.5, 0.6) is 5.75 Å². The summed E-state index contributed by atoms with van der Waals surface area (Å²) in [6.45, 7) is 1.69. The van der Waals surface area contributed by atoms with E-state index in [1.165, 1.54) is 11.8 Å². The number of hydrogen-bond donors (Lipinski definition) is 2. The van der Waals surface area contributed by atoms with Gasteiger partial charge in [0.1, 0.15) is 5.75 Å². The summed E-state index contributed by atoms with van der Waals surface area (Å²) in [7, 11) is 0. The second-order valence-electron chi connectivity index (χ2n) is 3.94. The lowest BCUT2D eigenvalue weighted by atomic mass is 10.2. The lowest BCUT2D eigenvalue weighted by Crippen LogP contribution is -2.34. The molecule has 1 unspecified atom stereocenters. The fraction of sp³-hybridized carbons (Fsp3) is 0.333. The molecule has 1 aliphatic rings. The van der Waals surface area contributed by atoms with Gasteiger partial charge in [-0.1, -0.05) is 0 Å². The Morgan fingerprint density at radius 2 is 2.33 bits per heavy atom. The standard InChI is InChI=1S/C12H14N2O3S/c1-7-12(16)14-9-5-8(3-4-10(9)17-7)13-11(15)6-18-2/h3-5,7H,6H2,1-2H3,(H,13,15)(H,14,16). The van der Waals surface area contributed by atoms with Gasteiger partial charge in [0.2, 0.25) is 5.91 Å². The van der Waals surface area contributed by atoms with Crippen molar-refractivity contribution in [2.75, 3.05) is 22.6 Å². The zero-order valence-electron chi connectivity index (χ0n) is 10.1. The zero-order chi connectivity index (χ0) is 13.1. The number of nitrogens with one attached hydrogen (secondary N) is 2. The van der Waals surface area contributed by atoms with Crippen molar-refractivity contribution in [1.82, 2.24) is 0 Å². The van der Waals surface area contributed by atoms with Crippen LogP contribution in [-0.4, -0.2) is 29.9 Å². The summed E-state index contributed by atoms with van der Waals surface area (Å²) >= 11 is 1.45. The maximum Gasteiger partial charge on any atom is 0.265 e. The van der Waals surface area contributed by atoms with E-state index >= 15 is 0 Å². The maximum absolute atomic E-state index is 11.5. The number of anilines is 2. The SMILES string of the molecule is CSCC(=O)Nc1ccc2c(c1)NC(=O)C(C)O2. The summed E-state index contributed by atoms with van der Waals surface area (Å²) in [6, 6.07) is 5.18. The Morgan fingerprint density at radius 3 is 3.06 bits per heavy atom. The maximum atomic E-state index is 11.5. The molecular formula is C12H14N2O3S. The monoisotopic (exact) mass is 266 g/mol. The molecule has 0 aliphatic carbocycles. The van der Waals surface area contributed by atoms with Crippen molar-refractivity contribution in [2.45, 2.75) is 13.0 Å². The fourth-order valence-electron chi connectivity index (χ4n) is 1.61. The van der Waals surface area contributed by atoms with E-state index in [2.05, 4.69) is 10.6 Å². The Kier molecular flexibility index (Phi) is 3.76. The molecule has 2 rings (SSSR count). The minimum atomic E-state index is -0.491. The number of benzene rings is 1. The highest BCUT2D eigenvalue weighted by molar-refractivity contribution is 7.99. The number of amides is 2. The first-order chi connectivity index (χ1) is 8.60. The van der Waals surface area contributed by atoms with Gasteiger partial charge in [0.15, 0.2) is 6.10 Å². The van der Waals surface area contributed by atoms with E-state index in [1.54, 1.807) is 25.1 Å². The highest BCUT2D eigenvalue weighted by Gasteiger charge is 2.23. The number of thioether (sulfide) groups is 1. The third-order valence-corrected chi connectivity index (χ3v) is 3.02. The van der Waals surface area contributed by atoms with Gasteiger partial charge in [0, 0.05) is 5.69 Å². The van der Waals surface area contributed by atoms with Crippen LogP contribution >= 0.6 is 11.8 Å². The van der Waals surface area contributed by atoms with Gasteiger partial charge in [-0.15, -0.1) is 0 Å². The highest BCUT2D eigenvalue weighted by Crippen LogP contribution is 2.32. The minimum absolute atomic E-state index is 0.0705. The van der Waals surface area contributed by atoms with Gasteiger partial charge < -0.3 is 15.4 Å². The molecule has 1 heterocycles. The smallest absolute Gasteiger partial charge is 0.265 e. The summed E-state index contributed by atoms with van der Waals surface area (Å²) in [5, 5.41) is 5.49. The number of ether oxygens (including phenoxy) is 1. The molecular weight excluding hydrogens is 252 g/mol. The minimum Gasteiger partial charge on any atom is -0.479 e. The van der Waals surface area contributed by atoms with Crippen LogP contribution in [0, 0.1) is 0 Å². The molecule has 6 heteroatoms. The predicted octanol–water partition coefficient (Wildman–Crippen LogP) is 1.71. The molecule has 0 bridgehead atoms. The first kappa shape index (κ1) is 12.8. The van der Waals surface area contributed by atoms with Crippen LogP contribution in [0.1, 0.15) is 6.92 Å². The summed E-state index contributed by atoms with van der Waals surface area (Å²) < 4.78 is 5.42. The average Bonchev–Trinajstić information content (AvgIpc) is 2.31. The van der Waals surface area contributed by atoms with Crippen LogP contribution in [0.2, 0.25) is 0 Å². The number of rotatable bonds is 3. The second-order valence-corrected chi connectivity index (χ2v) is 4.81. The molecule has 1 aromatic carbocycles. The van der Waals surface area contributed by atoms with Crippen LogP contribution in [0.25, 0.3) is 0 Å². The second kappa shape index (κ2) is 5.30. The van der Waals surface area contributed by atoms with E-state index in [0.717, 1.165) is 0 Å². The van der Waals surface area contributed by atoms with Gasteiger partial charge in [-0.3, -0.25) is 9.59 Å². The van der Waals surface area contributed by atoms with E-state index in [9.17, 15) is 9.59 Å². The molecule has 1 aliphatic heterocycles. The van der Waals surface area contributed by atoms with Gasteiger partial charge in [0.05, 0.1) is 11.4 Å². The largest absolute Gasteiger partial charge is 0.479 e. The van der Waals surface area contributed by atoms with Crippen molar-refractivity contribution >= 4 is 35.0 Å². The molecule has 18 heavy (non-hydrogen) atoms. The average molecular weight is 266 g/mol. The van der Waals surface area contributed by atoms with E-state index in [1.807, 2.05) is 6.26 Å². The highest BCUT2D eigenvalue weighted by atomic mass is 32.2. The first-order valence-corrected chi connectivity index (χ1v) is 6.90. The van der Waals surface area contributed by atoms with Crippen LogP contribution in [0.15, 0.2) is 18.2 Å². The lowest BCUT2D eigenvalue weighted by molar-refractivity contribution is -0.122. The molecule has 2 N–H and O–H groups in total. The Labute approximate surface area is 109 Å². The predicted molar refractivity (Wildman–Crippen MR) is 72.2 cm³/mol. The van der Waals surface area contributed by atoms with Crippen molar-refractivity contribution < 1.29 is 14.3 Å². The molecule has 1 atom stereocenters. The normalized spacial score (nSPS) is 17.4. The zero-order valence-corrected chi connectivity index (χ0v) is 11.0. The summed E-state index contributed by atoms with van der Waals surface area (Å²) in [5.41, 5.74) is 1.23. The quantitative estimate of drug-likeness (QED) is 0.874. The molecule has 0 radical (unpaired) electrons. The van der Waals surface area contributed by atoms with Crippen LogP contribution in [0.4, 0.5) is 11.4 Å². The van der Waals surface area contributed by atoms with E-state index in [0.29, 0.717) is 22.9 Å². The number of carbonyl (C=O) groups excluding carboxylic acids is 2. The molecule has 5 nitrogen and oxygen atoms in total. The fourth-order valence-corrected chi connectivity index (χ4v) is 1.95. The molecule has 0 spiro atoms. The van der Waals surface area contributed by atoms with Crippen molar-refractivity contribution in [3.63, 3.8) is 0 Å². The van der Waals surface area contributed by atoms with E-state index < -0.39 is 6.10 Å².